The number of aliphatic carboxylic acids is 1. The lowest BCUT2D eigenvalue weighted by Crippen LogP contribution is -2.35. The summed E-state index contributed by atoms with van der Waals surface area (Å²) >= 11 is 0. The van der Waals surface area contributed by atoms with Gasteiger partial charge in [0.15, 0.2) is 0 Å². The molecule has 1 N–H and O–H groups in total. The van der Waals surface area contributed by atoms with Crippen molar-refractivity contribution >= 4 is 5.97 Å². The number of methoxy groups -OCH3 is 1. The third-order valence-corrected chi connectivity index (χ3v) is 2.65. The number of nitrogens with zero attached hydrogens (tertiary/aromatic N) is 2. The van der Waals surface area contributed by atoms with Crippen LogP contribution >= 0.6 is 0 Å². The normalized spacial score (nSPS) is 12.7. The third kappa shape index (κ3) is 4.38. The van der Waals surface area contributed by atoms with Crippen molar-refractivity contribution in [1.82, 2.24) is 9.88 Å². The summed E-state index contributed by atoms with van der Waals surface area (Å²) in [5, 5.41) is 8.86. The summed E-state index contributed by atoms with van der Waals surface area (Å²) < 4.78 is 17.7. The maximum atomic E-state index is 12.8. The molecule has 6 heteroatoms. The van der Waals surface area contributed by atoms with Gasteiger partial charge in [0.05, 0.1) is 25.0 Å². The summed E-state index contributed by atoms with van der Waals surface area (Å²) in [5.41, 5.74) is 0.633. The van der Waals surface area contributed by atoms with Crippen molar-refractivity contribution in [1.29, 1.82) is 0 Å². The molecule has 1 aromatic rings. The zero-order valence-corrected chi connectivity index (χ0v) is 10.5. The Morgan fingerprint density at radius 1 is 1.61 bits per heavy atom. The van der Waals surface area contributed by atoms with E-state index in [2.05, 4.69) is 4.98 Å². The Bertz CT molecular complexity index is 383. The molecule has 1 atom stereocenters. The number of carbonyl (C=O) groups is 1. The Morgan fingerprint density at radius 2 is 2.33 bits per heavy atom. The van der Waals surface area contributed by atoms with Crippen LogP contribution in [0.5, 0.6) is 0 Å². The Kier molecular flexibility index (Phi) is 5.67. The van der Waals surface area contributed by atoms with Gasteiger partial charge >= 0.3 is 5.97 Å². The Hall–Kier alpha value is -1.53. The molecule has 0 saturated heterocycles. The van der Waals surface area contributed by atoms with Crippen molar-refractivity contribution in [3.05, 3.63) is 29.8 Å². The SMILES string of the molecule is COCCN(CC(=O)O)C(C)c1ccc(F)cn1. The van der Waals surface area contributed by atoms with Crippen LogP contribution in [0.1, 0.15) is 18.7 Å². The van der Waals surface area contributed by atoms with Gasteiger partial charge in [-0.3, -0.25) is 14.7 Å². The second-order valence-corrected chi connectivity index (χ2v) is 3.93. The van der Waals surface area contributed by atoms with Crippen LogP contribution in [0.4, 0.5) is 4.39 Å². The van der Waals surface area contributed by atoms with Gasteiger partial charge in [-0.15, -0.1) is 0 Å². The number of carboxylic acid groups (broad SMARTS) is 1. The molecule has 0 aliphatic carbocycles. The van der Waals surface area contributed by atoms with Crippen LogP contribution in [0.25, 0.3) is 0 Å². The van der Waals surface area contributed by atoms with E-state index in [1.165, 1.54) is 6.07 Å². The highest BCUT2D eigenvalue weighted by molar-refractivity contribution is 5.69. The molecular formula is C12H17FN2O3. The summed E-state index contributed by atoms with van der Waals surface area (Å²) in [6.07, 6.45) is 1.13. The van der Waals surface area contributed by atoms with E-state index >= 15 is 0 Å². The molecule has 1 aromatic heterocycles. The number of aromatic nitrogens is 1. The highest BCUT2D eigenvalue weighted by atomic mass is 19.1. The van der Waals surface area contributed by atoms with E-state index in [1.54, 1.807) is 18.1 Å². The fourth-order valence-electron chi connectivity index (χ4n) is 1.61. The van der Waals surface area contributed by atoms with Crippen molar-refractivity contribution in [2.45, 2.75) is 13.0 Å². The smallest absolute Gasteiger partial charge is 0.317 e. The van der Waals surface area contributed by atoms with E-state index in [4.69, 9.17) is 9.84 Å². The molecule has 1 heterocycles. The molecule has 18 heavy (non-hydrogen) atoms. The van der Waals surface area contributed by atoms with E-state index in [0.29, 0.717) is 18.8 Å². The van der Waals surface area contributed by atoms with Gasteiger partial charge in [-0.25, -0.2) is 4.39 Å². The highest BCUT2D eigenvalue weighted by Gasteiger charge is 2.19. The second kappa shape index (κ2) is 7.03. The molecule has 0 bridgehead atoms. The number of hydrogen-bond donors (Lipinski definition) is 1. The lowest BCUT2D eigenvalue weighted by atomic mass is 10.2. The summed E-state index contributed by atoms with van der Waals surface area (Å²) in [7, 11) is 1.56. The van der Waals surface area contributed by atoms with Crippen molar-refractivity contribution in [3.8, 4) is 0 Å². The number of rotatable bonds is 7. The maximum absolute atomic E-state index is 12.8. The molecule has 0 spiro atoms. The van der Waals surface area contributed by atoms with Crippen molar-refractivity contribution < 1.29 is 19.0 Å². The zero-order valence-electron chi connectivity index (χ0n) is 10.5. The van der Waals surface area contributed by atoms with E-state index in [0.717, 1.165) is 6.20 Å². The molecule has 0 saturated carbocycles. The van der Waals surface area contributed by atoms with Gasteiger partial charge in [0.25, 0.3) is 0 Å². The number of carboxylic acids is 1. The average Bonchev–Trinajstić information content (AvgIpc) is 2.34. The predicted molar refractivity (Wildman–Crippen MR) is 63.7 cm³/mol. The standard InChI is InChI=1S/C12H17FN2O3/c1-9(11-4-3-10(13)7-14-11)15(5-6-18-2)8-12(16)17/h3-4,7,9H,5-6,8H2,1-2H3,(H,16,17). The van der Waals surface area contributed by atoms with E-state index < -0.39 is 11.8 Å². The molecule has 0 aliphatic rings. The first-order valence-electron chi connectivity index (χ1n) is 5.61. The topological polar surface area (TPSA) is 62.7 Å². The van der Waals surface area contributed by atoms with Crippen LogP contribution in [0.3, 0.4) is 0 Å². The minimum absolute atomic E-state index is 0.108. The number of hydrogen-bond acceptors (Lipinski definition) is 4. The fraction of sp³-hybridized carbons (Fsp3) is 0.500. The third-order valence-electron chi connectivity index (χ3n) is 2.65. The van der Waals surface area contributed by atoms with Gasteiger partial charge in [0.2, 0.25) is 0 Å². The number of ether oxygens (including phenoxy) is 1. The van der Waals surface area contributed by atoms with Crippen LogP contribution < -0.4 is 0 Å². The van der Waals surface area contributed by atoms with Crippen molar-refractivity contribution in [2.75, 3.05) is 26.8 Å². The summed E-state index contributed by atoms with van der Waals surface area (Å²) in [5.74, 6) is -1.33. The molecule has 1 rings (SSSR count). The molecule has 100 valence electrons. The number of pyridine rings is 1. The van der Waals surface area contributed by atoms with Gasteiger partial charge in [0.1, 0.15) is 5.82 Å². The van der Waals surface area contributed by atoms with Gasteiger partial charge < -0.3 is 9.84 Å². The van der Waals surface area contributed by atoms with Crippen LogP contribution in [0.2, 0.25) is 0 Å². The predicted octanol–water partition coefficient (Wildman–Crippen LogP) is 1.31. The van der Waals surface area contributed by atoms with E-state index in [1.807, 2.05) is 6.92 Å². The molecule has 1 unspecified atom stereocenters. The van der Waals surface area contributed by atoms with Gasteiger partial charge in [-0.2, -0.15) is 0 Å². The van der Waals surface area contributed by atoms with Gasteiger partial charge in [0, 0.05) is 19.7 Å². The molecule has 0 fully saturated rings. The van der Waals surface area contributed by atoms with Crippen molar-refractivity contribution in [2.24, 2.45) is 0 Å². The molecule has 0 amide bonds. The monoisotopic (exact) mass is 256 g/mol. The first-order valence-corrected chi connectivity index (χ1v) is 5.61. The summed E-state index contributed by atoms with van der Waals surface area (Å²) in [6, 6.07) is 2.66. The summed E-state index contributed by atoms with van der Waals surface area (Å²) in [6.45, 7) is 2.63. The Balaban J connectivity index is 2.76. The van der Waals surface area contributed by atoms with Crippen LogP contribution in [-0.4, -0.2) is 47.8 Å². The maximum Gasteiger partial charge on any atom is 0.317 e. The van der Waals surface area contributed by atoms with Crippen LogP contribution in [-0.2, 0) is 9.53 Å². The van der Waals surface area contributed by atoms with E-state index in [-0.39, 0.29) is 12.6 Å². The van der Waals surface area contributed by atoms with Crippen LogP contribution in [0, 0.1) is 5.82 Å². The fourth-order valence-corrected chi connectivity index (χ4v) is 1.61. The summed E-state index contributed by atoms with van der Waals surface area (Å²) in [4.78, 5) is 16.5. The average molecular weight is 256 g/mol. The Labute approximate surface area is 105 Å². The van der Waals surface area contributed by atoms with E-state index in [9.17, 15) is 9.18 Å². The Morgan fingerprint density at radius 3 is 2.83 bits per heavy atom. The molecular weight excluding hydrogens is 239 g/mol. The number of halogens is 1. The second-order valence-electron chi connectivity index (χ2n) is 3.93. The highest BCUT2D eigenvalue weighted by Crippen LogP contribution is 2.17. The lowest BCUT2D eigenvalue weighted by Gasteiger charge is -2.26. The van der Waals surface area contributed by atoms with Gasteiger partial charge in [-0.05, 0) is 19.1 Å². The minimum Gasteiger partial charge on any atom is -0.480 e. The largest absolute Gasteiger partial charge is 0.480 e. The van der Waals surface area contributed by atoms with Gasteiger partial charge in [-0.1, -0.05) is 0 Å². The first kappa shape index (κ1) is 14.5. The zero-order chi connectivity index (χ0) is 13.5. The van der Waals surface area contributed by atoms with Crippen LogP contribution in [0.15, 0.2) is 18.3 Å². The minimum atomic E-state index is -0.917. The first-order chi connectivity index (χ1) is 8.54. The molecule has 0 radical (unpaired) electrons. The molecule has 0 aliphatic heterocycles. The van der Waals surface area contributed by atoms with Crippen molar-refractivity contribution in [3.63, 3.8) is 0 Å². The molecule has 0 aromatic carbocycles. The molecule has 5 nitrogen and oxygen atoms in total. The lowest BCUT2D eigenvalue weighted by molar-refractivity contribution is -0.139. The quantitative estimate of drug-likeness (QED) is 0.797.